The standard InChI is InChI=1S/C23H30N6O3/c1-30-17-16-29-23(24-25-26-29)22(20-6-4-5-7-21(20)32-3)28-14-12-27(13-15-28)18-8-10-19(31-2)11-9-18/h4-11,22H,12-17H2,1-3H3/t22-/m1/s1. The lowest BCUT2D eigenvalue weighted by Gasteiger charge is -2.40. The van der Waals surface area contributed by atoms with Crippen LogP contribution in [0.5, 0.6) is 11.5 Å². The molecule has 1 aromatic heterocycles. The van der Waals surface area contributed by atoms with Crippen molar-refractivity contribution >= 4 is 5.69 Å². The van der Waals surface area contributed by atoms with Gasteiger partial charge in [0.15, 0.2) is 5.82 Å². The Morgan fingerprint density at radius 1 is 0.906 bits per heavy atom. The number of ether oxygens (including phenoxy) is 3. The fraction of sp³-hybridized carbons (Fsp3) is 0.435. The van der Waals surface area contributed by atoms with Crippen molar-refractivity contribution in [3.63, 3.8) is 0 Å². The molecule has 32 heavy (non-hydrogen) atoms. The Hall–Kier alpha value is -3.17. The van der Waals surface area contributed by atoms with Gasteiger partial charge in [0.2, 0.25) is 0 Å². The van der Waals surface area contributed by atoms with Crippen molar-refractivity contribution < 1.29 is 14.2 Å². The van der Waals surface area contributed by atoms with Crippen LogP contribution in [0.15, 0.2) is 48.5 Å². The summed E-state index contributed by atoms with van der Waals surface area (Å²) in [4.78, 5) is 4.82. The largest absolute Gasteiger partial charge is 0.497 e. The maximum Gasteiger partial charge on any atom is 0.173 e. The van der Waals surface area contributed by atoms with Crippen LogP contribution < -0.4 is 14.4 Å². The van der Waals surface area contributed by atoms with Gasteiger partial charge < -0.3 is 19.1 Å². The normalized spacial score (nSPS) is 15.5. The van der Waals surface area contributed by atoms with Crippen molar-refractivity contribution in [1.82, 2.24) is 25.1 Å². The number of piperazine rings is 1. The molecule has 1 saturated heterocycles. The van der Waals surface area contributed by atoms with Crippen LogP contribution in [0.3, 0.4) is 0 Å². The highest BCUT2D eigenvalue weighted by Crippen LogP contribution is 2.34. The van der Waals surface area contributed by atoms with E-state index in [0.717, 1.165) is 49.1 Å². The van der Waals surface area contributed by atoms with Gasteiger partial charge in [-0.1, -0.05) is 18.2 Å². The highest BCUT2D eigenvalue weighted by Gasteiger charge is 2.32. The van der Waals surface area contributed by atoms with Crippen LogP contribution in [0.4, 0.5) is 5.69 Å². The lowest BCUT2D eigenvalue weighted by molar-refractivity contribution is 0.171. The molecule has 2 heterocycles. The van der Waals surface area contributed by atoms with Gasteiger partial charge in [-0.15, -0.1) is 5.10 Å². The number of benzene rings is 2. The number of tetrazole rings is 1. The third-order valence-corrected chi connectivity index (χ3v) is 5.86. The van der Waals surface area contributed by atoms with Gasteiger partial charge in [0.05, 0.1) is 27.4 Å². The second-order valence-corrected chi connectivity index (χ2v) is 7.62. The van der Waals surface area contributed by atoms with Gasteiger partial charge in [0.1, 0.15) is 17.5 Å². The zero-order valence-corrected chi connectivity index (χ0v) is 18.8. The van der Waals surface area contributed by atoms with Gasteiger partial charge >= 0.3 is 0 Å². The lowest BCUT2D eigenvalue weighted by atomic mass is 10.0. The Kier molecular flexibility index (Phi) is 7.18. The number of methoxy groups -OCH3 is 3. The highest BCUT2D eigenvalue weighted by atomic mass is 16.5. The van der Waals surface area contributed by atoms with Gasteiger partial charge in [-0.05, 0) is 40.8 Å². The molecule has 1 fully saturated rings. The average molecular weight is 439 g/mol. The molecule has 2 aromatic carbocycles. The lowest BCUT2D eigenvalue weighted by Crippen LogP contribution is -2.48. The molecule has 1 aliphatic heterocycles. The van der Waals surface area contributed by atoms with E-state index in [2.05, 4.69) is 43.5 Å². The summed E-state index contributed by atoms with van der Waals surface area (Å²) in [6.07, 6.45) is 0. The Labute approximate surface area is 188 Å². The van der Waals surface area contributed by atoms with Crippen LogP contribution in [0.25, 0.3) is 0 Å². The van der Waals surface area contributed by atoms with Crippen LogP contribution in [-0.4, -0.2) is 79.2 Å². The summed E-state index contributed by atoms with van der Waals surface area (Å²) in [6, 6.07) is 16.2. The Bertz CT molecular complexity index is 985. The second-order valence-electron chi connectivity index (χ2n) is 7.62. The fourth-order valence-corrected chi connectivity index (χ4v) is 4.17. The number of hydrogen-bond acceptors (Lipinski definition) is 8. The van der Waals surface area contributed by atoms with Gasteiger partial charge in [-0.2, -0.15) is 0 Å². The first-order chi connectivity index (χ1) is 15.7. The van der Waals surface area contributed by atoms with E-state index in [1.165, 1.54) is 5.69 Å². The van der Waals surface area contributed by atoms with E-state index < -0.39 is 0 Å². The summed E-state index contributed by atoms with van der Waals surface area (Å²) >= 11 is 0. The molecule has 9 nitrogen and oxygen atoms in total. The Morgan fingerprint density at radius 2 is 1.66 bits per heavy atom. The molecule has 0 unspecified atom stereocenters. The van der Waals surface area contributed by atoms with E-state index in [4.69, 9.17) is 14.2 Å². The summed E-state index contributed by atoms with van der Waals surface area (Å²) in [5, 5.41) is 12.6. The second kappa shape index (κ2) is 10.4. The molecular weight excluding hydrogens is 408 g/mol. The number of hydrogen-bond donors (Lipinski definition) is 0. The fourth-order valence-electron chi connectivity index (χ4n) is 4.17. The topological polar surface area (TPSA) is 77.8 Å². The molecule has 0 saturated carbocycles. The average Bonchev–Trinajstić information content (AvgIpc) is 3.31. The first-order valence-corrected chi connectivity index (χ1v) is 10.8. The number of rotatable bonds is 9. The number of para-hydroxylation sites is 1. The predicted molar refractivity (Wildman–Crippen MR) is 121 cm³/mol. The molecule has 3 aromatic rings. The van der Waals surface area contributed by atoms with E-state index in [0.29, 0.717) is 13.2 Å². The maximum atomic E-state index is 5.70. The van der Waals surface area contributed by atoms with E-state index >= 15 is 0 Å². The Balaban J connectivity index is 1.59. The van der Waals surface area contributed by atoms with Gasteiger partial charge in [0.25, 0.3) is 0 Å². The number of anilines is 1. The Morgan fingerprint density at radius 3 is 2.34 bits per heavy atom. The highest BCUT2D eigenvalue weighted by molar-refractivity contribution is 5.49. The molecule has 9 heteroatoms. The van der Waals surface area contributed by atoms with Crippen molar-refractivity contribution in [2.75, 3.05) is 59.0 Å². The van der Waals surface area contributed by atoms with Crippen molar-refractivity contribution in [1.29, 1.82) is 0 Å². The molecule has 1 aliphatic rings. The van der Waals surface area contributed by atoms with Crippen LogP contribution in [0.1, 0.15) is 17.4 Å². The molecule has 1 atom stereocenters. The number of nitrogens with zero attached hydrogens (tertiary/aromatic N) is 6. The van der Waals surface area contributed by atoms with Crippen LogP contribution >= 0.6 is 0 Å². The van der Waals surface area contributed by atoms with Crippen LogP contribution in [-0.2, 0) is 11.3 Å². The molecule has 0 amide bonds. The molecule has 0 spiro atoms. The van der Waals surface area contributed by atoms with Crippen molar-refractivity contribution in [3.05, 3.63) is 59.9 Å². The van der Waals surface area contributed by atoms with Gasteiger partial charge in [-0.3, -0.25) is 4.90 Å². The predicted octanol–water partition coefficient (Wildman–Crippen LogP) is 2.25. The molecular formula is C23H30N6O3. The minimum Gasteiger partial charge on any atom is -0.497 e. The number of aromatic nitrogens is 4. The summed E-state index contributed by atoms with van der Waals surface area (Å²) in [6.45, 7) is 4.67. The van der Waals surface area contributed by atoms with Crippen LogP contribution in [0, 0.1) is 0 Å². The SMILES string of the molecule is COCCn1nnnc1[C@@H](c1ccccc1OC)N1CCN(c2ccc(OC)cc2)CC1. The molecule has 4 rings (SSSR count). The smallest absolute Gasteiger partial charge is 0.173 e. The summed E-state index contributed by atoms with van der Waals surface area (Å²) in [7, 11) is 5.07. The van der Waals surface area contributed by atoms with Gasteiger partial charge in [0, 0.05) is 44.5 Å². The maximum absolute atomic E-state index is 5.70. The summed E-state index contributed by atoms with van der Waals surface area (Å²) in [5.74, 6) is 2.49. The van der Waals surface area contributed by atoms with Crippen molar-refractivity contribution in [2.24, 2.45) is 0 Å². The quantitative estimate of drug-likeness (QED) is 0.504. The van der Waals surface area contributed by atoms with E-state index in [9.17, 15) is 0 Å². The first-order valence-electron chi connectivity index (χ1n) is 10.8. The minimum atomic E-state index is -0.115. The minimum absolute atomic E-state index is 0.115. The van der Waals surface area contributed by atoms with E-state index in [-0.39, 0.29) is 6.04 Å². The molecule has 0 aliphatic carbocycles. The molecule has 0 N–H and O–H groups in total. The molecule has 0 bridgehead atoms. The summed E-state index contributed by atoms with van der Waals surface area (Å²) < 4.78 is 18.1. The van der Waals surface area contributed by atoms with Crippen molar-refractivity contribution in [3.8, 4) is 11.5 Å². The monoisotopic (exact) mass is 438 g/mol. The first kappa shape index (κ1) is 22.0. The van der Waals surface area contributed by atoms with E-state index in [1.807, 2.05) is 35.0 Å². The summed E-state index contributed by atoms with van der Waals surface area (Å²) in [5.41, 5.74) is 2.26. The van der Waals surface area contributed by atoms with Crippen molar-refractivity contribution in [2.45, 2.75) is 12.6 Å². The van der Waals surface area contributed by atoms with Gasteiger partial charge in [-0.25, -0.2) is 4.68 Å². The van der Waals surface area contributed by atoms with E-state index in [1.54, 1.807) is 21.3 Å². The zero-order valence-electron chi connectivity index (χ0n) is 18.8. The molecule has 170 valence electrons. The third-order valence-electron chi connectivity index (χ3n) is 5.86. The van der Waals surface area contributed by atoms with Crippen LogP contribution in [0.2, 0.25) is 0 Å². The molecule has 0 radical (unpaired) electrons. The zero-order chi connectivity index (χ0) is 22.3. The third kappa shape index (κ3) is 4.68.